The summed E-state index contributed by atoms with van der Waals surface area (Å²) < 4.78 is 33.1. The lowest BCUT2D eigenvalue weighted by molar-refractivity contribution is -0.356. The quantitative estimate of drug-likeness (QED) is 0.663. The van der Waals surface area contributed by atoms with E-state index in [-0.39, 0.29) is 0 Å². The number of fused-ring (bicyclic) bond motifs is 2. The normalized spacial score (nSPS) is 17.3. The van der Waals surface area contributed by atoms with Crippen LogP contribution in [0.15, 0.2) is 72.6 Å². The fourth-order valence-electron chi connectivity index (χ4n) is 3.84. The first kappa shape index (κ1) is 15.1. The Morgan fingerprint density at radius 3 is 2.50 bits per heavy atom. The zero-order valence-electron chi connectivity index (χ0n) is 14.2. The van der Waals surface area contributed by atoms with Crippen LogP contribution in [-0.4, -0.2) is 27.1 Å². The number of hydrogen-bond donors (Lipinski definition) is 1. The van der Waals surface area contributed by atoms with Gasteiger partial charge in [0.05, 0.1) is 11.3 Å². The zero-order valence-corrected chi connectivity index (χ0v) is 14.2. The summed E-state index contributed by atoms with van der Waals surface area (Å²) in [5.74, 6) is 0. The molecule has 0 spiro atoms. The van der Waals surface area contributed by atoms with Gasteiger partial charge in [-0.3, -0.25) is 0 Å². The van der Waals surface area contributed by atoms with Crippen molar-refractivity contribution in [1.29, 1.82) is 0 Å². The van der Waals surface area contributed by atoms with Gasteiger partial charge in [0.2, 0.25) is 0 Å². The van der Waals surface area contributed by atoms with E-state index in [9.17, 15) is 0 Å². The highest BCUT2D eigenvalue weighted by molar-refractivity contribution is 6.58. The summed E-state index contributed by atoms with van der Waals surface area (Å²) in [7, 11) is 0. The second kappa shape index (κ2) is 5.18. The average molecular weight is 347 g/mol. The Hall–Kier alpha value is -3.15. The van der Waals surface area contributed by atoms with Crippen LogP contribution in [0.4, 0.5) is 8.63 Å². The van der Waals surface area contributed by atoms with Gasteiger partial charge >= 0.3 is 6.97 Å². The number of aromatic nitrogens is 2. The molecule has 0 bridgehead atoms. The Labute approximate surface area is 149 Å². The molecule has 6 heteroatoms. The van der Waals surface area contributed by atoms with Crippen molar-refractivity contribution in [3.63, 3.8) is 0 Å². The van der Waals surface area contributed by atoms with Crippen LogP contribution in [0.5, 0.6) is 0 Å². The molecule has 0 amide bonds. The summed E-state index contributed by atoms with van der Waals surface area (Å²) in [5.41, 5.74) is 5.13. The molecular formula is C20H16BF2N3. The Kier molecular flexibility index (Phi) is 3.01. The number of aryl methyl sites for hydroxylation is 1. The molecule has 0 fully saturated rings. The van der Waals surface area contributed by atoms with E-state index in [1.165, 1.54) is 10.7 Å². The molecule has 2 aliphatic rings. The number of H-pyrrole nitrogens is 1. The second-order valence-electron chi connectivity index (χ2n) is 6.69. The molecule has 3 aromatic rings. The van der Waals surface area contributed by atoms with Crippen LogP contribution in [0.1, 0.15) is 16.8 Å². The number of allylic oxidation sites excluding steroid dienone is 2. The van der Waals surface area contributed by atoms with E-state index in [0.29, 0.717) is 22.8 Å². The maximum atomic E-state index is 15.4. The van der Waals surface area contributed by atoms with Crippen LogP contribution in [0.2, 0.25) is 0 Å². The minimum atomic E-state index is -3.97. The summed E-state index contributed by atoms with van der Waals surface area (Å²) >= 11 is 0. The van der Waals surface area contributed by atoms with E-state index >= 15 is 8.63 Å². The van der Waals surface area contributed by atoms with Crippen LogP contribution in [0, 0.1) is 6.92 Å². The van der Waals surface area contributed by atoms with Gasteiger partial charge in [0.15, 0.2) is 5.70 Å². The van der Waals surface area contributed by atoms with E-state index in [1.807, 2.05) is 43.3 Å². The number of halogens is 2. The van der Waals surface area contributed by atoms with Gasteiger partial charge < -0.3 is 22.6 Å². The highest BCUT2D eigenvalue weighted by atomic mass is 19.2. The third-order valence-electron chi connectivity index (χ3n) is 5.07. The van der Waals surface area contributed by atoms with Gasteiger partial charge in [0.1, 0.15) is 6.21 Å². The maximum Gasteiger partial charge on any atom is 0.737 e. The van der Waals surface area contributed by atoms with Gasteiger partial charge in [-0.05, 0) is 36.8 Å². The van der Waals surface area contributed by atoms with E-state index < -0.39 is 6.97 Å². The third kappa shape index (κ3) is 1.95. The highest BCUT2D eigenvalue weighted by Crippen LogP contribution is 2.41. The number of nitrogens with one attached hydrogen (secondary N) is 1. The first-order valence-corrected chi connectivity index (χ1v) is 8.56. The molecule has 2 aliphatic heterocycles. The smallest absolute Gasteiger partial charge is 0.389 e. The predicted molar refractivity (Wildman–Crippen MR) is 100 cm³/mol. The molecule has 4 heterocycles. The Morgan fingerprint density at radius 2 is 1.77 bits per heavy atom. The van der Waals surface area contributed by atoms with Crippen LogP contribution >= 0.6 is 0 Å². The van der Waals surface area contributed by atoms with Gasteiger partial charge in [-0.2, -0.15) is 0 Å². The fourth-order valence-corrected chi connectivity index (χ4v) is 3.84. The lowest BCUT2D eigenvalue weighted by Crippen LogP contribution is -2.49. The molecular weight excluding hydrogens is 331 g/mol. The molecule has 1 aromatic carbocycles. The van der Waals surface area contributed by atoms with E-state index in [1.54, 1.807) is 30.5 Å². The molecule has 0 unspecified atom stereocenters. The topological polar surface area (TPSA) is 23.7 Å². The van der Waals surface area contributed by atoms with E-state index in [4.69, 9.17) is 0 Å². The number of aromatic amines is 1. The minimum absolute atomic E-state index is 0.485. The van der Waals surface area contributed by atoms with Crippen molar-refractivity contribution in [3.05, 3.63) is 89.4 Å². The van der Waals surface area contributed by atoms with E-state index in [2.05, 4.69) is 4.98 Å². The number of hydrogen-bond acceptors (Lipinski definition) is 0. The van der Waals surface area contributed by atoms with Crippen molar-refractivity contribution in [2.45, 2.75) is 6.92 Å². The molecule has 0 saturated carbocycles. The molecule has 3 nitrogen and oxygen atoms in total. The monoisotopic (exact) mass is 347 g/mol. The molecule has 2 aromatic heterocycles. The molecule has 0 radical (unpaired) electrons. The first-order chi connectivity index (χ1) is 12.6. The summed E-state index contributed by atoms with van der Waals surface area (Å²) in [6.45, 7) is -1.95. The van der Waals surface area contributed by atoms with Gasteiger partial charge in [0.25, 0.3) is 0 Å². The van der Waals surface area contributed by atoms with Gasteiger partial charge in [0, 0.05) is 29.7 Å². The van der Waals surface area contributed by atoms with Crippen molar-refractivity contribution in [3.8, 4) is 11.4 Å². The van der Waals surface area contributed by atoms with Crippen molar-refractivity contribution in [2.75, 3.05) is 0 Å². The molecule has 0 atom stereocenters. The van der Waals surface area contributed by atoms with Crippen LogP contribution in [0.25, 0.3) is 17.0 Å². The summed E-state index contributed by atoms with van der Waals surface area (Å²) in [4.78, 5) is 3.04. The lowest BCUT2D eigenvalue weighted by Gasteiger charge is -2.32. The Morgan fingerprint density at radius 1 is 1.00 bits per heavy atom. The first-order valence-electron chi connectivity index (χ1n) is 8.56. The number of rotatable bonds is 2. The zero-order chi connectivity index (χ0) is 17.9. The largest absolute Gasteiger partial charge is 0.737 e. The minimum Gasteiger partial charge on any atom is -0.389 e. The van der Waals surface area contributed by atoms with Crippen molar-refractivity contribution in [2.24, 2.45) is 0 Å². The van der Waals surface area contributed by atoms with E-state index in [0.717, 1.165) is 21.2 Å². The number of nitrogens with zero attached hydrogens (tertiary/aromatic N) is 2. The van der Waals surface area contributed by atoms with Gasteiger partial charge in [-0.15, -0.1) is 0 Å². The molecule has 5 rings (SSSR count). The standard InChI is InChI=1S/C20H16BF2N3/c1-14-6-8-15(9-7-14)20-18-5-3-13-25(18)21(22,23)26-17(10-11-19(20)26)16-4-2-12-24-16/h2-13,24H,1H3. The molecule has 128 valence electrons. The Bertz CT molecular complexity index is 1100. The predicted octanol–water partition coefficient (Wildman–Crippen LogP) is 4.44. The summed E-state index contributed by atoms with van der Waals surface area (Å²) in [5, 5.41) is 0. The van der Waals surface area contributed by atoms with Crippen LogP contribution in [0.3, 0.4) is 0 Å². The molecule has 0 saturated heterocycles. The lowest BCUT2D eigenvalue weighted by atomic mass is 9.86. The molecule has 0 aliphatic carbocycles. The summed E-state index contributed by atoms with van der Waals surface area (Å²) in [6.07, 6.45) is 6.65. The van der Waals surface area contributed by atoms with Crippen LogP contribution in [-0.2, 0) is 0 Å². The summed E-state index contributed by atoms with van der Waals surface area (Å²) in [6, 6.07) is 15.2. The maximum absolute atomic E-state index is 15.4. The molecule has 26 heavy (non-hydrogen) atoms. The second-order valence-corrected chi connectivity index (χ2v) is 6.69. The average Bonchev–Trinajstić information content (AvgIpc) is 3.37. The molecule has 1 N–H and O–H groups in total. The van der Waals surface area contributed by atoms with Crippen molar-refractivity contribution >= 4 is 18.8 Å². The fraction of sp³-hybridized carbons (Fsp3) is 0.0500. The SMILES string of the molecule is Cc1ccc(C2=C3C=CC=[N+]3[B-](F)(F)n3c2ccc3-c2ccc[nH]2)cc1. The van der Waals surface area contributed by atoms with Gasteiger partial charge in [-0.1, -0.05) is 29.8 Å². The third-order valence-corrected chi connectivity index (χ3v) is 5.07. The van der Waals surface area contributed by atoms with Crippen LogP contribution < -0.4 is 0 Å². The van der Waals surface area contributed by atoms with Crippen molar-refractivity contribution in [1.82, 2.24) is 9.46 Å². The Balaban J connectivity index is 1.83. The van der Waals surface area contributed by atoms with Crippen molar-refractivity contribution < 1.29 is 13.1 Å². The highest BCUT2D eigenvalue weighted by Gasteiger charge is 2.52. The number of benzene rings is 1. The van der Waals surface area contributed by atoms with Gasteiger partial charge in [-0.25, -0.2) is 0 Å².